The highest BCUT2D eigenvalue weighted by molar-refractivity contribution is 6.04. The highest BCUT2D eigenvalue weighted by Crippen LogP contribution is 2.35. The van der Waals surface area contributed by atoms with Crippen molar-refractivity contribution in [1.82, 2.24) is 4.98 Å². The zero-order valence-corrected chi connectivity index (χ0v) is 12.4. The van der Waals surface area contributed by atoms with E-state index in [0.29, 0.717) is 34.1 Å². The number of nitrogens with zero attached hydrogens (tertiary/aromatic N) is 1. The summed E-state index contributed by atoms with van der Waals surface area (Å²) in [7, 11) is 3.03. The van der Waals surface area contributed by atoms with Gasteiger partial charge in [-0.25, -0.2) is 0 Å². The van der Waals surface area contributed by atoms with E-state index in [0.717, 1.165) is 0 Å². The van der Waals surface area contributed by atoms with E-state index in [4.69, 9.17) is 15.2 Å². The molecule has 0 unspecified atom stereocenters. The lowest BCUT2D eigenvalue weighted by atomic mass is 10.1. The van der Waals surface area contributed by atoms with Crippen LogP contribution in [0.25, 0.3) is 5.70 Å². The molecule has 1 aromatic heterocycles. The summed E-state index contributed by atoms with van der Waals surface area (Å²) in [5.74, 6) is 0.624. The fourth-order valence-electron chi connectivity index (χ4n) is 1.93. The highest BCUT2D eigenvalue weighted by atomic mass is 16.5. The fraction of sp³-hybridized carbons (Fsp3) is 0.125. The average molecular weight is 299 g/mol. The standard InChI is InChI=1S/C16H17N3O3/c1-10(17)11-8-14(21-2)15(22-3)9-13(11)19-16(20)12-6-4-5-7-18-12/h4-9H,1,17H2,2-3H3,(H,19,20). The molecule has 3 N–H and O–H groups in total. The molecule has 0 aliphatic rings. The Morgan fingerprint density at radius 3 is 2.45 bits per heavy atom. The number of hydrogen-bond acceptors (Lipinski definition) is 5. The van der Waals surface area contributed by atoms with Gasteiger partial charge in [0.25, 0.3) is 5.91 Å². The number of nitrogens with two attached hydrogens (primary N) is 1. The second-order valence-corrected chi connectivity index (χ2v) is 4.45. The van der Waals surface area contributed by atoms with E-state index in [-0.39, 0.29) is 5.91 Å². The van der Waals surface area contributed by atoms with Crippen molar-refractivity contribution in [2.45, 2.75) is 0 Å². The molecule has 0 radical (unpaired) electrons. The SMILES string of the molecule is C=C(N)c1cc(OC)c(OC)cc1NC(=O)c1ccccn1. The van der Waals surface area contributed by atoms with Gasteiger partial charge in [-0.2, -0.15) is 0 Å². The largest absolute Gasteiger partial charge is 0.493 e. The predicted molar refractivity (Wildman–Crippen MR) is 85.0 cm³/mol. The Bertz CT molecular complexity index is 699. The molecule has 6 heteroatoms. The third kappa shape index (κ3) is 3.17. The number of pyridine rings is 1. The number of rotatable bonds is 5. The number of carbonyl (C=O) groups is 1. The number of nitrogens with one attached hydrogen (secondary N) is 1. The Morgan fingerprint density at radius 1 is 1.23 bits per heavy atom. The molecule has 0 aliphatic heterocycles. The summed E-state index contributed by atoms with van der Waals surface area (Å²) in [5, 5.41) is 2.76. The summed E-state index contributed by atoms with van der Waals surface area (Å²) in [4.78, 5) is 16.2. The molecule has 22 heavy (non-hydrogen) atoms. The molecule has 1 heterocycles. The maximum atomic E-state index is 12.2. The van der Waals surface area contributed by atoms with E-state index < -0.39 is 0 Å². The molecule has 2 aromatic rings. The first kappa shape index (κ1) is 15.4. The smallest absolute Gasteiger partial charge is 0.274 e. The van der Waals surface area contributed by atoms with Crippen LogP contribution in [-0.2, 0) is 0 Å². The van der Waals surface area contributed by atoms with E-state index in [1.165, 1.54) is 14.2 Å². The van der Waals surface area contributed by atoms with Gasteiger partial charge in [0.1, 0.15) is 5.69 Å². The first-order valence-corrected chi connectivity index (χ1v) is 6.50. The molecule has 0 bridgehead atoms. The molecule has 0 saturated heterocycles. The number of benzene rings is 1. The molecule has 6 nitrogen and oxygen atoms in total. The second-order valence-electron chi connectivity index (χ2n) is 4.45. The summed E-state index contributed by atoms with van der Waals surface area (Å²) in [6.45, 7) is 3.71. The number of amides is 1. The summed E-state index contributed by atoms with van der Waals surface area (Å²) >= 11 is 0. The Hall–Kier alpha value is -3.02. The van der Waals surface area contributed by atoms with Crippen LogP contribution in [0.4, 0.5) is 5.69 Å². The lowest BCUT2D eigenvalue weighted by Crippen LogP contribution is -2.15. The minimum atomic E-state index is -0.352. The van der Waals surface area contributed by atoms with Crippen LogP contribution in [-0.4, -0.2) is 25.1 Å². The number of methoxy groups -OCH3 is 2. The molecule has 0 spiro atoms. The van der Waals surface area contributed by atoms with Gasteiger partial charge >= 0.3 is 0 Å². The quantitative estimate of drug-likeness (QED) is 0.884. The fourth-order valence-corrected chi connectivity index (χ4v) is 1.93. The van der Waals surface area contributed by atoms with Crippen LogP contribution in [0.2, 0.25) is 0 Å². The lowest BCUT2D eigenvalue weighted by Gasteiger charge is -2.15. The van der Waals surface area contributed by atoms with Crippen LogP contribution in [0.1, 0.15) is 16.1 Å². The van der Waals surface area contributed by atoms with Crippen LogP contribution in [0.15, 0.2) is 43.1 Å². The van der Waals surface area contributed by atoms with Crippen molar-refractivity contribution in [2.24, 2.45) is 5.73 Å². The molecule has 0 atom stereocenters. The molecule has 2 rings (SSSR count). The Morgan fingerprint density at radius 2 is 1.91 bits per heavy atom. The van der Waals surface area contributed by atoms with Crippen molar-refractivity contribution < 1.29 is 14.3 Å². The number of ether oxygens (including phenoxy) is 2. The summed E-state index contributed by atoms with van der Waals surface area (Å²) < 4.78 is 10.5. The van der Waals surface area contributed by atoms with Gasteiger partial charge in [0.2, 0.25) is 0 Å². The van der Waals surface area contributed by atoms with Gasteiger partial charge in [-0.1, -0.05) is 12.6 Å². The van der Waals surface area contributed by atoms with Gasteiger partial charge in [0.15, 0.2) is 11.5 Å². The average Bonchev–Trinajstić information content (AvgIpc) is 2.54. The van der Waals surface area contributed by atoms with Gasteiger partial charge in [-0.15, -0.1) is 0 Å². The molecule has 114 valence electrons. The molecule has 1 aromatic carbocycles. The first-order valence-electron chi connectivity index (χ1n) is 6.50. The van der Waals surface area contributed by atoms with Crippen LogP contribution < -0.4 is 20.5 Å². The summed E-state index contributed by atoms with van der Waals surface area (Å²) in [5.41, 5.74) is 7.42. The minimum absolute atomic E-state index is 0.297. The van der Waals surface area contributed by atoms with Gasteiger partial charge in [-0.05, 0) is 18.2 Å². The maximum Gasteiger partial charge on any atom is 0.274 e. The van der Waals surface area contributed by atoms with Crippen molar-refractivity contribution >= 4 is 17.3 Å². The zero-order valence-electron chi connectivity index (χ0n) is 12.4. The van der Waals surface area contributed by atoms with Gasteiger partial charge < -0.3 is 20.5 Å². The number of hydrogen-bond donors (Lipinski definition) is 2. The topological polar surface area (TPSA) is 86.5 Å². The van der Waals surface area contributed by atoms with Crippen molar-refractivity contribution in [1.29, 1.82) is 0 Å². The normalized spacial score (nSPS) is 9.91. The van der Waals surface area contributed by atoms with E-state index in [1.54, 1.807) is 36.5 Å². The first-order chi connectivity index (χ1) is 10.6. The third-order valence-electron chi connectivity index (χ3n) is 3.02. The van der Waals surface area contributed by atoms with E-state index in [2.05, 4.69) is 16.9 Å². The van der Waals surface area contributed by atoms with E-state index >= 15 is 0 Å². The Kier molecular flexibility index (Phi) is 4.63. The van der Waals surface area contributed by atoms with E-state index in [1.807, 2.05) is 0 Å². The minimum Gasteiger partial charge on any atom is -0.493 e. The molecule has 0 aliphatic carbocycles. The number of aromatic nitrogens is 1. The van der Waals surface area contributed by atoms with Crippen molar-refractivity contribution in [3.8, 4) is 11.5 Å². The molecule has 0 saturated carbocycles. The van der Waals surface area contributed by atoms with Crippen LogP contribution in [0.3, 0.4) is 0 Å². The molecule has 0 fully saturated rings. The van der Waals surface area contributed by atoms with Crippen LogP contribution in [0.5, 0.6) is 11.5 Å². The highest BCUT2D eigenvalue weighted by Gasteiger charge is 2.15. The van der Waals surface area contributed by atoms with Crippen molar-refractivity contribution in [3.05, 3.63) is 54.4 Å². The number of anilines is 1. The summed E-state index contributed by atoms with van der Waals surface area (Å²) in [6, 6.07) is 8.38. The lowest BCUT2D eigenvalue weighted by molar-refractivity contribution is 0.102. The van der Waals surface area contributed by atoms with Crippen molar-refractivity contribution in [2.75, 3.05) is 19.5 Å². The number of carbonyl (C=O) groups excluding carboxylic acids is 1. The predicted octanol–water partition coefficient (Wildman–Crippen LogP) is 2.28. The van der Waals surface area contributed by atoms with E-state index in [9.17, 15) is 4.79 Å². The monoisotopic (exact) mass is 299 g/mol. The molecular weight excluding hydrogens is 282 g/mol. The van der Waals surface area contributed by atoms with Crippen LogP contribution in [0, 0.1) is 0 Å². The van der Waals surface area contributed by atoms with Gasteiger partial charge in [-0.3, -0.25) is 9.78 Å². The second kappa shape index (κ2) is 6.62. The molecular formula is C16H17N3O3. The van der Waals surface area contributed by atoms with Crippen LogP contribution >= 0.6 is 0 Å². The van der Waals surface area contributed by atoms with Gasteiger partial charge in [0, 0.05) is 23.5 Å². The van der Waals surface area contributed by atoms with Crippen molar-refractivity contribution in [3.63, 3.8) is 0 Å². The molecule has 1 amide bonds. The summed E-state index contributed by atoms with van der Waals surface area (Å²) in [6.07, 6.45) is 1.55. The maximum absolute atomic E-state index is 12.2. The Labute approximate surface area is 128 Å². The Balaban J connectivity index is 2.41. The van der Waals surface area contributed by atoms with Gasteiger partial charge in [0.05, 0.1) is 19.9 Å². The zero-order chi connectivity index (χ0) is 16.1. The third-order valence-corrected chi connectivity index (χ3v) is 3.02.